The van der Waals surface area contributed by atoms with Gasteiger partial charge in [0.1, 0.15) is 0 Å². The molecule has 100 valence electrons. The summed E-state index contributed by atoms with van der Waals surface area (Å²) in [7, 11) is 0. The third-order valence-electron chi connectivity index (χ3n) is 5.82. The maximum absolute atomic E-state index is 12.0. The highest BCUT2D eigenvalue weighted by Gasteiger charge is 2.58. The van der Waals surface area contributed by atoms with Gasteiger partial charge in [-0.1, -0.05) is 36.8 Å². The van der Waals surface area contributed by atoms with E-state index in [1.54, 1.807) is 0 Å². The van der Waals surface area contributed by atoms with Crippen LogP contribution in [-0.2, 0) is 11.2 Å². The van der Waals surface area contributed by atoms with Gasteiger partial charge < -0.3 is 5.32 Å². The van der Waals surface area contributed by atoms with Gasteiger partial charge in [0.25, 0.3) is 0 Å². The standard InChI is InChI=1S/C17H21NO/c19-16-11-17(10-13-6-7-14(17)8-13)15(18-16)9-12-4-2-1-3-5-12/h1-5,13-15H,6-11H2,(H,18,19). The molecule has 4 rings (SSSR count). The van der Waals surface area contributed by atoms with Crippen molar-refractivity contribution in [3.8, 4) is 0 Å². The zero-order valence-corrected chi connectivity index (χ0v) is 11.3. The van der Waals surface area contributed by atoms with E-state index in [1.807, 2.05) is 0 Å². The predicted molar refractivity (Wildman–Crippen MR) is 74.6 cm³/mol. The van der Waals surface area contributed by atoms with Crippen LogP contribution >= 0.6 is 0 Å². The van der Waals surface area contributed by atoms with Gasteiger partial charge in [-0.15, -0.1) is 0 Å². The van der Waals surface area contributed by atoms with E-state index in [4.69, 9.17) is 0 Å². The normalized spacial score (nSPS) is 40.0. The van der Waals surface area contributed by atoms with Crippen molar-refractivity contribution in [3.63, 3.8) is 0 Å². The zero-order valence-electron chi connectivity index (χ0n) is 11.3. The molecule has 2 aliphatic carbocycles. The molecule has 19 heavy (non-hydrogen) atoms. The largest absolute Gasteiger partial charge is 0.352 e. The van der Waals surface area contributed by atoms with Gasteiger partial charge in [-0.25, -0.2) is 0 Å². The first kappa shape index (κ1) is 11.5. The molecule has 0 radical (unpaired) electrons. The van der Waals surface area contributed by atoms with Crippen molar-refractivity contribution in [3.05, 3.63) is 35.9 Å². The molecule has 1 saturated heterocycles. The molecule has 2 heteroatoms. The third kappa shape index (κ3) is 1.73. The van der Waals surface area contributed by atoms with Crippen LogP contribution in [0.5, 0.6) is 0 Å². The summed E-state index contributed by atoms with van der Waals surface area (Å²) in [6.45, 7) is 0. The predicted octanol–water partition coefficient (Wildman–Crippen LogP) is 2.92. The summed E-state index contributed by atoms with van der Waals surface area (Å²) in [5.41, 5.74) is 1.65. The smallest absolute Gasteiger partial charge is 0.220 e. The molecular formula is C17H21NO. The van der Waals surface area contributed by atoms with Crippen molar-refractivity contribution >= 4 is 5.91 Å². The van der Waals surface area contributed by atoms with Crippen LogP contribution in [0.4, 0.5) is 0 Å². The molecule has 1 heterocycles. The Hall–Kier alpha value is -1.31. The zero-order chi connectivity index (χ0) is 12.9. The van der Waals surface area contributed by atoms with Crippen LogP contribution in [0.2, 0.25) is 0 Å². The molecule has 0 aromatic heterocycles. The lowest BCUT2D eigenvalue weighted by atomic mass is 9.67. The molecule has 1 N–H and O–H groups in total. The molecule has 1 aliphatic heterocycles. The number of carbonyl (C=O) groups excluding carboxylic acids is 1. The summed E-state index contributed by atoms with van der Waals surface area (Å²) >= 11 is 0. The van der Waals surface area contributed by atoms with Crippen LogP contribution in [-0.4, -0.2) is 11.9 Å². The Morgan fingerprint density at radius 3 is 2.74 bits per heavy atom. The van der Waals surface area contributed by atoms with Crippen LogP contribution in [0.25, 0.3) is 0 Å². The van der Waals surface area contributed by atoms with Gasteiger partial charge in [0.05, 0.1) is 0 Å². The lowest BCUT2D eigenvalue weighted by Crippen LogP contribution is -2.42. The minimum atomic E-state index is 0.286. The van der Waals surface area contributed by atoms with Crippen molar-refractivity contribution in [2.75, 3.05) is 0 Å². The molecular weight excluding hydrogens is 234 g/mol. The Morgan fingerprint density at radius 2 is 2.05 bits per heavy atom. The lowest BCUT2D eigenvalue weighted by Gasteiger charge is -2.38. The summed E-state index contributed by atoms with van der Waals surface area (Å²) in [6, 6.07) is 11.0. The number of hydrogen-bond donors (Lipinski definition) is 1. The summed E-state index contributed by atoms with van der Waals surface area (Å²) in [4.78, 5) is 12.0. The fourth-order valence-corrected chi connectivity index (χ4v) is 5.05. The number of benzene rings is 1. The van der Waals surface area contributed by atoms with E-state index >= 15 is 0 Å². The van der Waals surface area contributed by atoms with Crippen molar-refractivity contribution in [1.29, 1.82) is 0 Å². The average molecular weight is 255 g/mol. The van der Waals surface area contributed by atoms with Gasteiger partial charge in [-0.05, 0) is 43.1 Å². The molecule has 3 aliphatic rings. The number of hydrogen-bond acceptors (Lipinski definition) is 1. The van der Waals surface area contributed by atoms with Crippen molar-refractivity contribution in [2.45, 2.75) is 44.6 Å². The van der Waals surface area contributed by atoms with Crippen LogP contribution in [0.1, 0.15) is 37.7 Å². The number of rotatable bonds is 2. The minimum Gasteiger partial charge on any atom is -0.352 e. The number of fused-ring (bicyclic) bond motifs is 3. The first-order valence-electron chi connectivity index (χ1n) is 7.59. The Kier molecular flexibility index (Phi) is 2.48. The topological polar surface area (TPSA) is 29.1 Å². The van der Waals surface area contributed by atoms with E-state index in [2.05, 4.69) is 35.6 Å². The van der Waals surface area contributed by atoms with Crippen LogP contribution in [0.3, 0.4) is 0 Å². The van der Waals surface area contributed by atoms with Crippen molar-refractivity contribution < 1.29 is 4.79 Å². The highest BCUT2D eigenvalue weighted by molar-refractivity contribution is 5.80. The molecule has 4 unspecified atom stereocenters. The number of carbonyl (C=O) groups is 1. The van der Waals surface area contributed by atoms with Gasteiger partial charge >= 0.3 is 0 Å². The Morgan fingerprint density at radius 1 is 1.21 bits per heavy atom. The maximum Gasteiger partial charge on any atom is 0.220 e. The van der Waals surface area contributed by atoms with E-state index in [-0.39, 0.29) is 11.3 Å². The molecule has 1 spiro atoms. The van der Waals surface area contributed by atoms with Gasteiger partial charge in [-0.3, -0.25) is 4.79 Å². The summed E-state index contributed by atoms with van der Waals surface area (Å²) < 4.78 is 0. The highest BCUT2D eigenvalue weighted by Crippen LogP contribution is 2.61. The number of nitrogens with one attached hydrogen (secondary N) is 1. The fraction of sp³-hybridized carbons (Fsp3) is 0.588. The Bertz CT molecular complexity index is 497. The average Bonchev–Trinajstić information content (AvgIpc) is 3.07. The van der Waals surface area contributed by atoms with Crippen LogP contribution in [0, 0.1) is 17.3 Å². The first-order valence-corrected chi connectivity index (χ1v) is 7.59. The molecule has 1 amide bonds. The first-order chi connectivity index (χ1) is 9.26. The Labute approximate surface area is 114 Å². The van der Waals surface area contributed by atoms with Gasteiger partial charge in [0, 0.05) is 17.9 Å². The Balaban J connectivity index is 1.62. The van der Waals surface area contributed by atoms with Crippen LogP contribution < -0.4 is 5.32 Å². The van der Waals surface area contributed by atoms with E-state index in [1.165, 1.54) is 31.2 Å². The van der Waals surface area contributed by atoms with Gasteiger partial charge in [-0.2, -0.15) is 0 Å². The summed E-state index contributed by atoms with van der Waals surface area (Å²) in [5, 5.41) is 3.28. The molecule has 1 aromatic rings. The SMILES string of the molecule is O=C1CC2(CC3CCC2C3)C(Cc2ccccc2)N1. The van der Waals surface area contributed by atoms with Gasteiger partial charge in [0.2, 0.25) is 5.91 Å². The molecule has 4 atom stereocenters. The maximum atomic E-state index is 12.0. The monoisotopic (exact) mass is 255 g/mol. The quantitative estimate of drug-likeness (QED) is 0.865. The van der Waals surface area contributed by atoms with E-state index in [9.17, 15) is 4.79 Å². The van der Waals surface area contributed by atoms with E-state index in [0.29, 0.717) is 6.04 Å². The lowest BCUT2D eigenvalue weighted by molar-refractivity contribution is -0.120. The second-order valence-corrected chi connectivity index (χ2v) is 6.80. The van der Waals surface area contributed by atoms with E-state index in [0.717, 1.165) is 24.7 Å². The molecule has 2 nitrogen and oxygen atoms in total. The molecule has 1 aromatic carbocycles. The summed E-state index contributed by atoms with van der Waals surface area (Å²) in [6.07, 6.45) is 7.21. The van der Waals surface area contributed by atoms with Gasteiger partial charge in [0.15, 0.2) is 0 Å². The second-order valence-electron chi connectivity index (χ2n) is 6.80. The van der Waals surface area contributed by atoms with E-state index < -0.39 is 0 Å². The summed E-state index contributed by atoms with van der Waals surface area (Å²) in [5.74, 6) is 1.98. The molecule has 2 saturated carbocycles. The highest BCUT2D eigenvalue weighted by atomic mass is 16.2. The van der Waals surface area contributed by atoms with Crippen molar-refractivity contribution in [2.24, 2.45) is 17.3 Å². The molecule has 3 fully saturated rings. The van der Waals surface area contributed by atoms with Crippen LogP contribution in [0.15, 0.2) is 30.3 Å². The minimum absolute atomic E-state index is 0.286. The third-order valence-corrected chi connectivity index (χ3v) is 5.82. The molecule has 2 bridgehead atoms. The fourth-order valence-electron chi connectivity index (χ4n) is 5.05. The van der Waals surface area contributed by atoms with Crippen molar-refractivity contribution in [1.82, 2.24) is 5.32 Å². The second kappa shape index (κ2) is 4.09. The number of amides is 1.